The zero-order valence-corrected chi connectivity index (χ0v) is 6.04. The van der Waals surface area contributed by atoms with Gasteiger partial charge in [0.05, 0.1) is 0 Å². The molecule has 0 radical (unpaired) electrons. The second-order valence-electron chi connectivity index (χ2n) is 1.91. The molecule has 0 bridgehead atoms. The number of allylic oxidation sites excluding steroid dienone is 1. The summed E-state index contributed by atoms with van der Waals surface area (Å²) >= 11 is 0. The molecule has 0 saturated heterocycles. The second-order valence-corrected chi connectivity index (χ2v) is 1.91. The van der Waals surface area contributed by atoms with Crippen molar-refractivity contribution in [2.75, 3.05) is 0 Å². The third-order valence-electron chi connectivity index (χ3n) is 0.900. The smallest absolute Gasteiger partial charge is 0.309 e. The van der Waals surface area contributed by atoms with Crippen molar-refractivity contribution in [2.45, 2.75) is 12.8 Å². The zero-order valence-electron chi connectivity index (χ0n) is 6.04. The molecule has 1 aliphatic rings. The van der Waals surface area contributed by atoms with Crippen LogP contribution in [0.5, 0.6) is 0 Å². The number of primary amides is 2. The molecule has 0 aromatic heterocycles. The highest BCUT2D eigenvalue weighted by molar-refractivity contribution is 5.77. The van der Waals surface area contributed by atoms with Crippen molar-refractivity contribution in [3.05, 3.63) is 12.3 Å². The lowest BCUT2D eigenvalue weighted by molar-refractivity contribution is -0.120. The summed E-state index contributed by atoms with van der Waals surface area (Å²) in [7, 11) is 0. The summed E-state index contributed by atoms with van der Waals surface area (Å²) in [5.41, 5.74) is 8.50. The maximum absolute atomic E-state index is 10.3. The molecule has 0 saturated carbocycles. The van der Waals surface area contributed by atoms with Gasteiger partial charge in [-0.15, -0.1) is 0 Å². The summed E-state index contributed by atoms with van der Waals surface area (Å²) in [6, 6.07) is -0.833. The predicted octanol–water partition coefficient (Wildman–Crippen LogP) is -0.566. The summed E-state index contributed by atoms with van der Waals surface area (Å²) in [5, 5.41) is 2.56. The quantitative estimate of drug-likeness (QED) is 0.439. The van der Waals surface area contributed by atoms with Crippen molar-refractivity contribution >= 4 is 11.9 Å². The fourth-order valence-corrected chi connectivity index (χ4v) is 0.522. The Balaban J connectivity index is 0.000000218. The monoisotopic (exact) mass is 157 g/mol. The van der Waals surface area contributed by atoms with Crippen molar-refractivity contribution < 1.29 is 9.59 Å². The van der Waals surface area contributed by atoms with E-state index in [4.69, 9.17) is 4.79 Å². The highest BCUT2D eigenvalue weighted by Gasteiger charge is 1.98. The lowest BCUT2D eigenvalue weighted by atomic mass is 10.2. The Morgan fingerprint density at radius 1 is 1.55 bits per heavy atom. The van der Waals surface area contributed by atoms with E-state index in [-0.39, 0.29) is 5.91 Å². The van der Waals surface area contributed by atoms with Crippen LogP contribution in [0.4, 0.5) is 4.79 Å². The van der Waals surface area contributed by atoms with Gasteiger partial charge in [-0.25, -0.2) is 4.79 Å². The molecule has 0 aliphatic carbocycles. The van der Waals surface area contributed by atoms with Crippen LogP contribution < -0.4 is 16.8 Å². The summed E-state index contributed by atoms with van der Waals surface area (Å²) < 4.78 is 0. The predicted molar refractivity (Wildman–Crippen MR) is 40.3 cm³/mol. The highest BCUT2D eigenvalue weighted by Crippen LogP contribution is 1.94. The standard InChI is InChI=1S/C5H7NO.CH4N2O/c7-5-3-1-2-4-6-5;2-1(3)4/h2,4H,1,3H2,(H,6,7);(H4,2,3,4). The topological polar surface area (TPSA) is 98.2 Å². The fourth-order valence-electron chi connectivity index (χ4n) is 0.522. The van der Waals surface area contributed by atoms with Crippen molar-refractivity contribution in [2.24, 2.45) is 11.5 Å². The molecular weight excluding hydrogens is 146 g/mol. The van der Waals surface area contributed by atoms with Gasteiger partial charge in [0.25, 0.3) is 0 Å². The Morgan fingerprint density at radius 2 is 2.09 bits per heavy atom. The molecule has 62 valence electrons. The molecule has 0 spiro atoms. The Hall–Kier alpha value is -1.52. The van der Waals surface area contributed by atoms with Gasteiger partial charge in [-0.2, -0.15) is 0 Å². The van der Waals surface area contributed by atoms with Crippen molar-refractivity contribution in [3.8, 4) is 0 Å². The molecular formula is C6H11N3O2. The minimum absolute atomic E-state index is 0.127. The molecule has 1 heterocycles. The summed E-state index contributed by atoms with van der Waals surface area (Å²) in [5.74, 6) is 0.127. The van der Waals surface area contributed by atoms with Crippen LogP contribution in [-0.2, 0) is 4.79 Å². The van der Waals surface area contributed by atoms with Crippen molar-refractivity contribution in [3.63, 3.8) is 0 Å². The fraction of sp³-hybridized carbons (Fsp3) is 0.333. The Bertz CT molecular complexity index is 173. The molecule has 0 fully saturated rings. The number of carbonyl (C=O) groups excluding carboxylic acids is 2. The van der Waals surface area contributed by atoms with E-state index in [9.17, 15) is 4.79 Å². The molecule has 5 nitrogen and oxygen atoms in total. The molecule has 5 N–H and O–H groups in total. The van der Waals surface area contributed by atoms with Crippen molar-refractivity contribution in [1.29, 1.82) is 0 Å². The molecule has 0 unspecified atom stereocenters. The number of nitrogens with one attached hydrogen (secondary N) is 1. The molecule has 0 aromatic rings. The van der Waals surface area contributed by atoms with Gasteiger partial charge in [0.1, 0.15) is 0 Å². The van der Waals surface area contributed by atoms with Crippen LogP contribution in [0.3, 0.4) is 0 Å². The summed E-state index contributed by atoms with van der Waals surface area (Å²) in [4.78, 5) is 19.3. The van der Waals surface area contributed by atoms with E-state index in [0.29, 0.717) is 6.42 Å². The van der Waals surface area contributed by atoms with E-state index < -0.39 is 6.03 Å². The molecule has 11 heavy (non-hydrogen) atoms. The normalized spacial score (nSPS) is 14.4. The number of nitrogens with two attached hydrogens (primary N) is 2. The molecule has 0 aromatic carbocycles. The van der Waals surface area contributed by atoms with Crippen LogP contribution in [-0.4, -0.2) is 11.9 Å². The van der Waals surface area contributed by atoms with E-state index in [0.717, 1.165) is 6.42 Å². The van der Waals surface area contributed by atoms with Gasteiger partial charge >= 0.3 is 6.03 Å². The number of hydrogen-bond donors (Lipinski definition) is 3. The van der Waals surface area contributed by atoms with E-state index in [1.165, 1.54) is 0 Å². The number of carbonyl (C=O) groups is 2. The summed E-state index contributed by atoms with van der Waals surface area (Å²) in [6.45, 7) is 0. The molecule has 3 amide bonds. The van der Waals surface area contributed by atoms with Crippen LogP contribution in [0, 0.1) is 0 Å². The highest BCUT2D eigenvalue weighted by atomic mass is 16.2. The van der Waals surface area contributed by atoms with E-state index >= 15 is 0 Å². The van der Waals surface area contributed by atoms with Gasteiger partial charge in [0.2, 0.25) is 5.91 Å². The second kappa shape index (κ2) is 5.28. The van der Waals surface area contributed by atoms with Crippen LogP contribution in [0.2, 0.25) is 0 Å². The third kappa shape index (κ3) is 8.48. The van der Waals surface area contributed by atoms with Gasteiger partial charge in [-0.05, 0) is 12.6 Å². The lowest BCUT2D eigenvalue weighted by Gasteiger charge is -2.00. The molecule has 5 heteroatoms. The number of hydrogen-bond acceptors (Lipinski definition) is 2. The van der Waals surface area contributed by atoms with Crippen molar-refractivity contribution in [1.82, 2.24) is 5.32 Å². The first-order valence-electron chi connectivity index (χ1n) is 3.12. The SMILES string of the molecule is NC(N)=O.O=C1CCC=CN1. The Kier molecular flexibility index (Phi) is 4.55. The van der Waals surface area contributed by atoms with E-state index in [1.807, 2.05) is 6.08 Å². The van der Waals surface area contributed by atoms with E-state index in [1.54, 1.807) is 6.20 Å². The molecule has 1 rings (SSSR count). The van der Waals surface area contributed by atoms with Gasteiger partial charge in [-0.3, -0.25) is 4.79 Å². The maximum atomic E-state index is 10.3. The number of urea groups is 1. The van der Waals surface area contributed by atoms with Crippen LogP contribution in [0.25, 0.3) is 0 Å². The summed E-state index contributed by atoms with van der Waals surface area (Å²) in [6.07, 6.45) is 5.18. The van der Waals surface area contributed by atoms with Gasteiger partial charge in [0.15, 0.2) is 0 Å². The van der Waals surface area contributed by atoms with Crippen LogP contribution in [0.15, 0.2) is 12.3 Å². The lowest BCUT2D eigenvalue weighted by Crippen LogP contribution is -2.18. The molecule has 1 aliphatic heterocycles. The van der Waals surface area contributed by atoms with Crippen LogP contribution >= 0.6 is 0 Å². The van der Waals surface area contributed by atoms with Gasteiger partial charge in [-0.1, -0.05) is 6.08 Å². The van der Waals surface area contributed by atoms with Gasteiger partial charge < -0.3 is 16.8 Å². The van der Waals surface area contributed by atoms with Gasteiger partial charge in [0, 0.05) is 6.42 Å². The number of amides is 3. The Morgan fingerprint density at radius 3 is 2.27 bits per heavy atom. The van der Waals surface area contributed by atoms with Crippen LogP contribution in [0.1, 0.15) is 12.8 Å². The Labute approximate surface area is 64.4 Å². The first-order chi connectivity index (χ1) is 5.13. The first kappa shape index (κ1) is 9.48. The minimum atomic E-state index is -0.833. The third-order valence-corrected chi connectivity index (χ3v) is 0.900. The molecule has 0 atom stereocenters. The zero-order chi connectivity index (χ0) is 8.69. The average Bonchev–Trinajstić information content (AvgIpc) is 1.87. The first-order valence-corrected chi connectivity index (χ1v) is 3.12. The number of rotatable bonds is 0. The largest absolute Gasteiger partial charge is 0.352 e. The average molecular weight is 157 g/mol. The maximum Gasteiger partial charge on any atom is 0.309 e. The van der Waals surface area contributed by atoms with E-state index in [2.05, 4.69) is 16.8 Å². The minimum Gasteiger partial charge on any atom is -0.352 e.